The molecular formula is C13H16N2O2. The fraction of sp³-hybridized carbons (Fsp3) is 0.462. The van der Waals surface area contributed by atoms with Crippen LogP contribution in [-0.2, 0) is 0 Å². The van der Waals surface area contributed by atoms with Crippen molar-refractivity contribution in [2.45, 2.75) is 18.9 Å². The topological polar surface area (TPSA) is 56.5 Å². The molecule has 4 nitrogen and oxygen atoms in total. The van der Waals surface area contributed by atoms with Gasteiger partial charge in [0.05, 0.1) is 24.5 Å². The Morgan fingerprint density at radius 3 is 3.00 bits per heavy atom. The Labute approximate surface area is 101 Å². The smallest absolute Gasteiger partial charge is 0.121 e. The lowest BCUT2D eigenvalue weighted by Gasteiger charge is -2.32. The summed E-state index contributed by atoms with van der Waals surface area (Å²) in [6.07, 6.45) is 1.48. The Balaban J connectivity index is 2.32. The van der Waals surface area contributed by atoms with Crippen LogP contribution in [0.3, 0.4) is 0 Å². The molecule has 0 saturated carbocycles. The van der Waals surface area contributed by atoms with Crippen molar-refractivity contribution in [2.75, 3.05) is 25.1 Å². The molecule has 0 unspecified atom stereocenters. The number of hydrogen-bond acceptors (Lipinski definition) is 4. The highest BCUT2D eigenvalue weighted by Gasteiger charge is 2.20. The summed E-state index contributed by atoms with van der Waals surface area (Å²) in [5, 5.41) is 18.8. The molecular weight excluding hydrogens is 216 g/mol. The van der Waals surface area contributed by atoms with Crippen LogP contribution in [0.2, 0.25) is 0 Å². The second kappa shape index (κ2) is 5.07. The third kappa shape index (κ3) is 2.51. The van der Waals surface area contributed by atoms with Crippen molar-refractivity contribution in [2.24, 2.45) is 0 Å². The van der Waals surface area contributed by atoms with Crippen molar-refractivity contribution in [3.8, 4) is 11.8 Å². The van der Waals surface area contributed by atoms with Crippen LogP contribution in [0.4, 0.5) is 5.69 Å². The van der Waals surface area contributed by atoms with Crippen molar-refractivity contribution in [3.05, 3.63) is 23.8 Å². The van der Waals surface area contributed by atoms with Gasteiger partial charge in [0.1, 0.15) is 11.8 Å². The lowest BCUT2D eigenvalue weighted by Crippen LogP contribution is -2.38. The molecule has 1 saturated heterocycles. The second-order valence-electron chi connectivity index (χ2n) is 4.24. The number of ether oxygens (including phenoxy) is 1. The Morgan fingerprint density at radius 1 is 1.53 bits per heavy atom. The Bertz CT molecular complexity index is 440. The Morgan fingerprint density at radius 2 is 2.35 bits per heavy atom. The maximum absolute atomic E-state index is 9.68. The van der Waals surface area contributed by atoms with E-state index in [0.29, 0.717) is 12.1 Å². The molecule has 0 amide bonds. The molecule has 17 heavy (non-hydrogen) atoms. The van der Waals surface area contributed by atoms with E-state index in [1.165, 1.54) is 0 Å². The van der Waals surface area contributed by atoms with Crippen molar-refractivity contribution in [1.82, 2.24) is 0 Å². The number of aliphatic hydroxyl groups is 1. The van der Waals surface area contributed by atoms with Gasteiger partial charge in [-0.3, -0.25) is 0 Å². The average molecular weight is 232 g/mol. The molecule has 1 aliphatic rings. The summed E-state index contributed by atoms with van der Waals surface area (Å²) < 4.78 is 5.17. The molecule has 2 rings (SSSR count). The summed E-state index contributed by atoms with van der Waals surface area (Å²) in [7, 11) is 1.61. The number of anilines is 1. The lowest BCUT2D eigenvalue weighted by atomic mass is 10.1. The van der Waals surface area contributed by atoms with Crippen molar-refractivity contribution < 1.29 is 9.84 Å². The number of nitriles is 1. The van der Waals surface area contributed by atoms with Gasteiger partial charge in [0.15, 0.2) is 0 Å². The van der Waals surface area contributed by atoms with Gasteiger partial charge < -0.3 is 14.7 Å². The minimum atomic E-state index is -0.304. The first-order chi connectivity index (χ1) is 8.24. The average Bonchev–Trinajstić information content (AvgIpc) is 2.38. The molecule has 0 bridgehead atoms. The van der Waals surface area contributed by atoms with Gasteiger partial charge >= 0.3 is 0 Å². The molecule has 1 heterocycles. The number of hydrogen-bond donors (Lipinski definition) is 1. The monoisotopic (exact) mass is 232 g/mol. The maximum Gasteiger partial charge on any atom is 0.121 e. The summed E-state index contributed by atoms with van der Waals surface area (Å²) in [5.41, 5.74) is 1.48. The third-order valence-electron chi connectivity index (χ3n) is 3.06. The highest BCUT2D eigenvalue weighted by atomic mass is 16.5. The van der Waals surface area contributed by atoms with Crippen LogP contribution >= 0.6 is 0 Å². The van der Waals surface area contributed by atoms with Crippen LogP contribution < -0.4 is 9.64 Å². The van der Waals surface area contributed by atoms with Gasteiger partial charge in [-0.2, -0.15) is 5.26 Å². The summed E-state index contributed by atoms with van der Waals surface area (Å²) in [5.74, 6) is 0.735. The highest BCUT2D eigenvalue weighted by molar-refractivity contribution is 5.62. The third-order valence-corrected chi connectivity index (χ3v) is 3.06. The predicted octanol–water partition coefficient (Wildman–Crippen LogP) is 1.53. The summed E-state index contributed by atoms with van der Waals surface area (Å²) >= 11 is 0. The van der Waals surface area contributed by atoms with Crippen LogP contribution in [0.25, 0.3) is 0 Å². The predicted molar refractivity (Wildman–Crippen MR) is 65.2 cm³/mol. The lowest BCUT2D eigenvalue weighted by molar-refractivity contribution is 0.154. The van der Waals surface area contributed by atoms with Gasteiger partial charge in [-0.25, -0.2) is 0 Å². The van der Waals surface area contributed by atoms with E-state index in [1.54, 1.807) is 19.2 Å². The largest absolute Gasteiger partial charge is 0.497 e. The molecule has 0 spiro atoms. The van der Waals surface area contributed by atoms with E-state index in [0.717, 1.165) is 30.8 Å². The molecule has 0 radical (unpaired) electrons. The van der Waals surface area contributed by atoms with Crippen LogP contribution in [0.1, 0.15) is 18.4 Å². The van der Waals surface area contributed by atoms with Gasteiger partial charge in [0.25, 0.3) is 0 Å². The molecule has 0 aliphatic carbocycles. The minimum Gasteiger partial charge on any atom is -0.497 e. The number of nitrogens with zero attached hydrogens (tertiary/aromatic N) is 2. The van der Waals surface area contributed by atoms with Crippen molar-refractivity contribution in [3.63, 3.8) is 0 Å². The molecule has 1 aromatic carbocycles. The first kappa shape index (κ1) is 11.7. The number of β-amino-alcohol motifs (C(OH)–C–C–N with tert-alkyl or cyclic N) is 1. The minimum absolute atomic E-state index is 0.304. The number of aliphatic hydroxyl groups excluding tert-OH is 1. The molecule has 1 aromatic rings. The van der Waals surface area contributed by atoms with Gasteiger partial charge in [-0.05, 0) is 25.0 Å². The highest BCUT2D eigenvalue weighted by Crippen LogP contribution is 2.28. The van der Waals surface area contributed by atoms with Crippen molar-refractivity contribution >= 4 is 5.69 Å². The number of rotatable bonds is 2. The van der Waals surface area contributed by atoms with Crippen molar-refractivity contribution in [1.29, 1.82) is 5.26 Å². The molecule has 1 N–H and O–H groups in total. The fourth-order valence-corrected chi connectivity index (χ4v) is 2.17. The molecule has 1 aliphatic heterocycles. The normalized spacial score (nSPS) is 19.8. The van der Waals surface area contributed by atoms with Crippen LogP contribution in [0.15, 0.2) is 18.2 Å². The van der Waals surface area contributed by atoms with E-state index in [4.69, 9.17) is 10.00 Å². The molecule has 0 aromatic heterocycles. The summed E-state index contributed by atoms with van der Waals surface area (Å²) in [6, 6.07) is 7.58. The van der Waals surface area contributed by atoms with E-state index in [9.17, 15) is 5.11 Å². The zero-order chi connectivity index (χ0) is 12.3. The first-order valence-corrected chi connectivity index (χ1v) is 5.75. The van der Waals surface area contributed by atoms with Gasteiger partial charge in [0.2, 0.25) is 0 Å². The van der Waals surface area contributed by atoms with E-state index in [1.807, 2.05) is 6.07 Å². The SMILES string of the molecule is COc1ccc(C#N)c(N2CCC[C@H](O)C2)c1. The van der Waals surface area contributed by atoms with E-state index < -0.39 is 0 Å². The Kier molecular flexibility index (Phi) is 3.50. The van der Waals surface area contributed by atoms with Crippen LogP contribution in [-0.4, -0.2) is 31.4 Å². The van der Waals surface area contributed by atoms with Gasteiger partial charge in [-0.15, -0.1) is 0 Å². The van der Waals surface area contributed by atoms with Gasteiger partial charge in [0, 0.05) is 19.2 Å². The molecule has 1 fully saturated rings. The van der Waals surface area contributed by atoms with E-state index >= 15 is 0 Å². The number of benzene rings is 1. The molecule has 90 valence electrons. The summed E-state index contributed by atoms with van der Waals surface area (Å²) in [6.45, 7) is 1.46. The molecule has 1 atom stereocenters. The fourth-order valence-electron chi connectivity index (χ4n) is 2.17. The second-order valence-corrected chi connectivity index (χ2v) is 4.24. The number of methoxy groups -OCH3 is 1. The zero-order valence-corrected chi connectivity index (χ0v) is 9.89. The standard InChI is InChI=1S/C13H16N2O2/c1-17-12-5-4-10(8-14)13(7-12)15-6-2-3-11(16)9-15/h4-5,7,11,16H,2-3,6,9H2,1H3/t11-/m0/s1. The Hall–Kier alpha value is -1.73. The maximum atomic E-state index is 9.68. The summed E-state index contributed by atoms with van der Waals surface area (Å²) in [4.78, 5) is 2.05. The number of piperidine rings is 1. The zero-order valence-electron chi connectivity index (χ0n) is 9.89. The first-order valence-electron chi connectivity index (χ1n) is 5.75. The van der Waals surface area contributed by atoms with E-state index in [2.05, 4.69) is 11.0 Å². The van der Waals surface area contributed by atoms with Gasteiger partial charge in [-0.1, -0.05) is 0 Å². The quantitative estimate of drug-likeness (QED) is 0.840. The molecule has 4 heteroatoms. The van der Waals surface area contributed by atoms with Crippen LogP contribution in [0.5, 0.6) is 5.75 Å². The van der Waals surface area contributed by atoms with E-state index in [-0.39, 0.29) is 6.10 Å². The van der Waals surface area contributed by atoms with Crippen LogP contribution in [0, 0.1) is 11.3 Å².